The summed E-state index contributed by atoms with van der Waals surface area (Å²) in [5.41, 5.74) is 7.18. The zero-order chi connectivity index (χ0) is 17.3. The smallest absolute Gasteiger partial charge is 0.225 e. The summed E-state index contributed by atoms with van der Waals surface area (Å²) >= 11 is 0. The fourth-order valence-corrected chi connectivity index (χ4v) is 2.53. The van der Waals surface area contributed by atoms with E-state index in [0.29, 0.717) is 5.82 Å². The van der Waals surface area contributed by atoms with Gasteiger partial charge in [0.05, 0.1) is 6.42 Å². The van der Waals surface area contributed by atoms with Gasteiger partial charge in [-0.1, -0.05) is 24.3 Å². The SMILES string of the molecule is Cc1ccc(-c2ccc(-c3nc(CC(N)=O)nn3C(C)C)cc2)o1. The molecule has 0 radical (unpaired) electrons. The molecule has 0 atom stereocenters. The van der Waals surface area contributed by atoms with E-state index in [1.807, 2.05) is 61.9 Å². The minimum Gasteiger partial charge on any atom is -0.461 e. The van der Waals surface area contributed by atoms with Gasteiger partial charge >= 0.3 is 0 Å². The van der Waals surface area contributed by atoms with Crippen LogP contribution in [0.15, 0.2) is 40.8 Å². The highest BCUT2D eigenvalue weighted by molar-refractivity contribution is 5.75. The number of aryl methyl sites for hydroxylation is 1. The Morgan fingerprint density at radius 3 is 2.38 bits per heavy atom. The maximum atomic E-state index is 11.1. The summed E-state index contributed by atoms with van der Waals surface area (Å²) in [6.07, 6.45) is 0.0382. The van der Waals surface area contributed by atoms with Gasteiger partial charge in [0.1, 0.15) is 11.5 Å². The molecule has 0 bridgehead atoms. The molecule has 0 saturated heterocycles. The van der Waals surface area contributed by atoms with Crippen LogP contribution >= 0.6 is 0 Å². The van der Waals surface area contributed by atoms with Crippen molar-refractivity contribution < 1.29 is 9.21 Å². The standard InChI is InChI=1S/C18H20N4O2/c1-11(2)22-18(20-17(21-22)10-16(19)23)14-7-5-13(6-8-14)15-9-4-12(3)24-15/h4-9,11H,10H2,1-3H3,(H2,19,23). The van der Waals surface area contributed by atoms with Crippen molar-refractivity contribution in [3.05, 3.63) is 48.0 Å². The molecule has 0 saturated carbocycles. The summed E-state index contributed by atoms with van der Waals surface area (Å²) in [6.45, 7) is 5.96. The molecule has 2 N–H and O–H groups in total. The van der Waals surface area contributed by atoms with Crippen LogP contribution in [0.1, 0.15) is 31.5 Å². The molecule has 0 aliphatic rings. The highest BCUT2D eigenvalue weighted by atomic mass is 16.3. The average molecular weight is 324 g/mol. The molecule has 0 fully saturated rings. The number of carbonyl (C=O) groups excluding carboxylic acids is 1. The first kappa shape index (κ1) is 16.0. The van der Waals surface area contributed by atoms with Gasteiger partial charge in [-0.25, -0.2) is 9.67 Å². The quantitative estimate of drug-likeness (QED) is 0.781. The van der Waals surface area contributed by atoms with Crippen LogP contribution in [0.4, 0.5) is 0 Å². The molecule has 24 heavy (non-hydrogen) atoms. The number of furan rings is 1. The van der Waals surface area contributed by atoms with Crippen molar-refractivity contribution in [3.8, 4) is 22.7 Å². The fraction of sp³-hybridized carbons (Fsp3) is 0.278. The Kier molecular flexibility index (Phi) is 4.20. The fourth-order valence-electron chi connectivity index (χ4n) is 2.53. The van der Waals surface area contributed by atoms with Gasteiger partial charge in [0.2, 0.25) is 5.91 Å². The average Bonchev–Trinajstić information content (AvgIpc) is 3.13. The van der Waals surface area contributed by atoms with Gasteiger partial charge in [-0.3, -0.25) is 4.79 Å². The van der Waals surface area contributed by atoms with Crippen LogP contribution in [-0.4, -0.2) is 20.7 Å². The predicted octanol–water partition coefficient (Wildman–Crippen LogP) is 3.12. The van der Waals surface area contributed by atoms with E-state index in [9.17, 15) is 4.79 Å². The molecule has 2 heterocycles. The van der Waals surface area contributed by atoms with Gasteiger partial charge in [0, 0.05) is 17.2 Å². The third-order valence-electron chi connectivity index (χ3n) is 3.66. The molecule has 2 aromatic heterocycles. The summed E-state index contributed by atoms with van der Waals surface area (Å²) in [5, 5.41) is 4.40. The number of aromatic nitrogens is 3. The minimum atomic E-state index is -0.439. The second-order valence-electron chi connectivity index (χ2n) is 6.02. The largest absolute Gasteiger partial charge is 0.461 e. The first-order valence-electron chi connectivity index (χ1n) is 7.85. The lowest BCUT2D eigenvalue weighted by Gasteiger charge is -2.09. The summed E-state index contributed by atoms with van der Waals surface area (Å²) in [4.78, 5) is 15.6. The third-order valence-corrected chi connectivity index (χ3v) is 3.66. The second kappa shape index (κ2) is 6.31. The molecule has 0 aliphatic heterocycles. The number of carbonyl (C=O) groups is 1. The van der Waals surface area contributed by atoms with Gasteiger partial charge in [0.15, 0.2) is 11.6 Å². The predicted molar refractivity (Wildman–Crippen MR) is 91.2 cm³/mol. The monoisotopic (exact) mass is 324 g/mol. The molecular weight excluding hydrogens is 304 g/mol. The van der Waals surface area contributed by atoms with E-state index in [4.69, 9.17) is 10.2 Å². The molecule has 124 valence electrons. The highest BCUT2D eigenvalue weighted by Crippen LogP contribution is 2.26. The van der Waals surface area contributed by atoms with E-state index < -0.39 is 5.91 Å². The maximum Gasteiger partial charge on any atom is 0.225 e. The molecule has 0 aliphatic carbocycles. The van der Waals surface area contributed by atoms with Gasteiger partial charge in [-0.2, -0.15) is 5.10 Å². The molecule has 6 nitrogen and oxygen atoms in total. The molecule has 1 aromatic carbocycles. The van der Waals surface area contributed by atoms with Gasteiger partial charge in [-0.05, 0) is 32.9 Å². The summed E-state index contributed by atoms with van der Waals surface area (Å²) in [6, 6.07) is 11.9. The van der Waals surface area contributed by atoms with E-state index in [1.165, 1.54) is 0 Å². The Bertz CT molecular complexity index is 860. The van der Waals surface area contributed by atoms with Crippen LogP contribution < -0.4 is 5.73 Å². The third kappa shape index (κ3) is 3.22. The Balaban J connectivity index is 1.96. The number of nitrogens with zero attached hydrogens (tertiary/aromatic N) is 3. The van der Waals surface area contributed by atoms with Crippen molar-refractivity contribution in [2.24, 2.45) is 5.73 Å². The molecule has 3 rings (SSSR count). The van der Waals surface area contributed by atoms with E-state index in [0.717, 1.165) is 28.5 Å². The molecule has 0 spiro atoms. The van der Waals surface area contributed by atoms with Gasteiger partial charge in [-0.15, -0.1) is 0 Å². The van der Waals surface area contributed by atoms with E-state index >= 15 is 0 Å². The van der Waals surface area contributed by atoms with Crippen molar-refractivity contribution in [1.82, 2.24) is 14.8 Å². The molecule has 3 aromatic rings. The van der Waals surface area contributed by atoms with E-state index in [2.05, 4.69) is 10.1 Å². The maximum absolute atomic E-state index is 11.1. The zero-order valence-corrected chi connectivity index (χ0v) is 14.0. The lowest BCUT2D eigenvalue weighted by Crippen LogP contribution is -2.15. The second-order valence-corrected chi connectivity index (χ2v) is 6.02. The van der Waals surface area contributed by atoms with Gasteiger partial charge < -0.3 is 10.2 Å². The number of amides is 1. The van der Waals surface area contributed by atoms with Crippen molar-refractivity contribution in [3.63, 3.8) is 0 Å². The van der Waals surface area contributed by atoms with Crippen molar-refractivity contribution in [2.75, 3.05) is 0 Å². The molecule has 1 amide bonds. The number of nitrogens with two attached hydrogens (primary N) is 1. The lowest BCUT2D eigenvalue weighted by molar-refractivity contribution is -0.117. The van der Waals surface area contributed by atoms with Crippen LogP contribution in [0, 0.1) is 6.92 Å². The van der Waals surface area contributed by atoms with Crippen LogP contribution in [-0.2, 0) is 11.2 Å². The molecule has 0 unspecified atom stereocenters. The van der Waals surface area contributed by atoms with Crippen LogP contribution in [0.3, 0.4) is 0 Å². The number of hydrogen-bond acceptors (Lipinski definition) is 4. The number of primary amides is 1. The summed E-state index contributed by atoms with van der Waals surface area (Å²) in [7, 11) is 0. The topological polar surface area (TPSA) is 86.9 Å². The first-order valence-corrected chi connectivity index (χ1v) is 7.85. The number of benzene rings is 1. The van der Waals surface area contributed by atoms with Crippen LogP contribution in [0.5, 0.6) is 0 Å². The van der Waals surface area contributed by atoms with E-state index in [1.54, 1.807) is 0 Å². The highest BCUT2D eigenvalue weighted by Gasteiger charge is 2.16. The van der Waals surface area contributed by atoms with Crippen LogP contribution in [0.25, 0.3) is 22.7 Å². The molecular formula is C18H20N4O2. The van der Waals surface area contributed by atoms with E-state index in [-0.39, 0.29) is 12.5 Å². The number of rotatable bonds is 5. The van der Waals surface area contributed by atoms with Crippen LogP contribution in [0.2, 0.25) is 0 Å². The normalized spacial score (nSPS) is 11.2. The Hall–Kier alpha value is -2.89. The Morgan fingerprint density at radius 2 is 1.83 bits per heavy atom. The van der Waals surface area contributed by atoms with Gasteiger partial charge in [0.25, 0.3) is 0 Å². The first-order chi connectivity index (χ1) is 11.4. The minimum absolute atomic E-state index is 0.0382. The Labute approximate surface area is 140 Å². The van der Waals surface area contributed by atoms with Crippen molar-refractivity contribution in [2.45, 2.75) is 33.2 Å². The zero-order valence-electron chi connectivity index (χ0n) is 14.0. The van der Waals surface area contributed by atoms with Crippen molar-refractivity contribution in [1.29, 1.82) is 0 Å². The molecule has 6 heteroatoms. The lowest BCUT2D eigenvalue weighted by atomic mass is 10.1. The van der Waals surface area contributed by atoms with Crippen molar-refractivity contribution >= 4 is 5.91 Å². The summed E-state index contributed by atoms with van der Waals surface area (Å²) in [5.74, 6) is 2.44. The summed E-state index contributed by atoms with van der Waals surface area (Å²) < 4.78 is 7.45. The Morgan fingerprint density at radius 1 is 1.17 bits per heavy atom. The number of hydrogen-bond donors (Lipinski definition) is 1.